The lowest BCUT2D eigenvalue weighted by molar-refractivity contribution is -0.245. The van der Waals surface area contributed by atoms with Crippen LogP contribution in [-0.4, -0.2) is 85.0 Å². The molecule has 0 radical (unpaired) electrons. The van der Waals surface area contributed by atoms with Crippen LogP contribution in [0.25, 0.3) is 0 Å². The van der Waals surface area contributed by atoms with Crippen molar-refractivity contribution < 1.29 is 45.6 Å². The first-order chi connectivity index (χ1) is 16.4. The highest BCUT2D eigenvalue weighted by Crippen LogP contribution is 2.44. The maximum Gasteiger partial charge on any atom is 0.218 e. The van der Waals surface area contributed by atoms with Gasteiger partial charge in [0.05, 0.1) is 13.2 Å². The monoisotopic (exact) mass is 532 g/mol. The second-order valence-electron chi connectivity index (χ2n) is 10.1. The molecular weight excluding hydrogens is 500 g/mol. The molecule has 0 saturated carbocycles. The quantitative estimate of drug-likeness (QED) is 0.303. The molecule has 1 aromatic carbocycles. The zero-order valence-electron chi connectivity index (χ0n) is 20.2. The Kier molecular flexibility index (Phi) is 7.01. The van der Waals surface area contributed by atoms with Crippen molar-refractivity contribution in [3.8, 4) is 0 Å². The van der Waals surface area contributed by atoms with Crippen LogP contribution in [0.1, 0.15) is 39.5 Å². The van der Waals surface area contributed by atoms with E-state index < -0.39 is 40.5 Å². The molecule has 1 aromatic rings. The number of fused-ring (bicyclic) bond motifs is 1. The molecule has 4 aliphatic rings. The van der Waals surface area contributed by atoms with Crippen molar-refractivity contribution in [3.63, 3.8) is 0 Å². The molecule has 0 N–H and O–H groups in total. The highest BCUT2D eigenvalue weighted by molar-refractivity contribution is 7.97. The average molecular weight is 533 g/mol. The average Bonchev–Trinajstić information content (AvgIpc) is 3.36. The topological polar surface area (TPSA) is 122 Å². The molecule has 5 rings (SSSR count). The molecular formula is C23H32O10S2. The van der Waals surface area contributed by atoms with Crippen LogP contribution < -0.4 is 0 Å². The molecule has 0 bridgehead atoms. The van der Waals surface area contributed by atoms with Gasteiger partial charge < -0.3 is 33.0 Å². The van der Waals surface area contributed by atoms with Crippen LogP contribution >= 0.6 is 0 Å². The van der Waals surface area contributed by atoms with E-state index in [9.17, 15) is 13.0 Å². The van der Waals surface area contributed by atoms with Crippen LogP contribution in [-0.2, 0) is 53.9 Å². The van der Waals surface area contributed by atoms with Gasteiger partial charge >= 0.3 is 0 Å². The fourth-order valence-electron chi connectivity index (χ4n) is 5.22. The predicted molar refractivity (Wildman–Crippen MR) is 124 cm³/mol. The van der Waals surface area contributed by atoms with Crippen molar-refractivity contribution in [1.29, 1.82) is 0 Å². The summed E-state index contributed by atoms with van der Waals surface area (Å²) in [6.07, 6.45) is -2.97. The summed E-state index contributed by atoms with van der Waals surface area (Å²) in [6, 6.07) is 9.36. The maximum atomic E-state index is 11.4. The number of hydrogen-bond donors (Lipinski definition) is 0. The normalized spacial score (nSPS) is 40.6. The smallest absolute Gasteiger partial charge is 0.218 e. The minimum absolute atomic E-state index is 0.0466. The van der Waals surface area contributed by atoms with E-state index in [1.54, 1.807) is 0 Å². The van der Waals surface area contributed by atoms with Crippen molar-refractivity contribution in [2.45, 2.75) is 81.3 Å². The Bertz CT molecular complexity index is 1000. The van der Waals surface area contributed by atoms with Crippen LogP contribution in [0.3, 0.4) is 0 Å². The van der Waals surface area contributed by atoms with Crippen molar-refractivity contribution in [2.24, 2.45) is 0 Å². The molecule has 0 spiro atoms. The largest absolute Gasteiger partial charge is 0.726 e. The third kappa shape index (κ3) is 5.87. The van der Waals surface area contributed by atoms with Crippen molar-refractivity contribution >= 4 is 21.3 Å². The third-order valence-corrected chi connectivity index (χ3v) is 9.86. The van der Waals surface area contributed by atoms with Gasteiger partial charge in [-0.05, 0) is 27.7 Å². The molecule has 2 unspecified atom stereocenters. The summed E-state index contributed by atoms with van der Waals surface area (Å²) in [5.74, 6) is -0.263. The molecule has 196 valence electrons. The number of benzene rings is 1. The fourth-order valence-corrected chi connectivity index (χ4v) is 8.86. The van der Waals surface area contributed by atoms with E-state index in [-0.39, 0.29) is 41.1 Å². The van der Waals surface area contributed by atoms with Crippen molar-refractivity contribution in [1.82, 2.24) is 0 Å². The molecule has 0 aliphatic carbocycles. The highest BCUT2D eigenvalue weighted by atomic mass is 32.3. The lowest BCUT2D eigenvalue weighted by Gasteiger charge is -2.36. The molecule has 35 heavy (non-hydrogen) atoms. The fraction of sp³-hybridized carbons (Fsp3) is 0.739. The summed E-state index contributed by atoms with van der Waals surface area (Å²) in [7, 11) is -5.31. The zero-order valence-corrected chi connectivity index (χ0v) is 21.8. The van der Waals surface area contributed by atoms with Gasteiger partial charge in [0.25, 0.3) is 0 Å². The van der Waals surface area contributed by atoms with Gasteiger partial charge in [-0.2, -0.15) is 0 Å². The summed E-state index contributed by atoms with van der Waals surface area (Å²) in [5, 5.41) is -0.0466. The standard InChI is InChI=1S/C23H32O10S2/c1-22(2)28-11-16(30-22)20-19-18(31-23(3,4)32-19)13-34(20)12-17-15(33-35(24,25)26)10-27-21(29-17)14-8-6-5-7-9-14/h5-9,15-21H,10-13H2,1-4H3/t15-,16+,17+,18-,19-,20+,21?,34?/m0/s1. The number of ether oxygens (including phenoxy) is 6. The Morgan fingerprint density at radius 2 is 1.74 bits per heavy atom. The van der Waals surface area contributed by atoms with E-state index in [4.69, 9.17) is 32.6 Å². The molecule has 0 aromatic heterocycles. The van der Waals surface area contributed by atoms with Gasteiger partial charge in [-0.25, -0.2) is 8.42 Å². The second-order valence-corrected chi connectivity index (χ2v) is 13.4. The van der Waals surface area contributed by atoms with E-state index in [1.165, 1.54) is 0 Å². The van der Waals surface area contributed by atoms with Gasteiger partial charge in [0, 0.05) is 16.5 Å². The predicted octanol–water partition coefficient (Wildman–Crippen LogP) is 1.62. The van der Waals surface area contributed by atoms with Crippen LogP contribution in [0.5, 0.6) is 0 Å². The Balaban J connectivity index is 1.38. The number of hydrogen-bond acceptors (Lipinski definition) is 10. The van der Waals surface area contributed by atoms with E-state index >= 15 is 0 Å². The first kappa shape index (κ1) is 25.8. The SMILES string of the molecule is CC1(C)O[C@@H]2[C@@H]([C@H]3COC(C)(C)O3)[S+](C[C@H]3OC(c4ccccc4)OC[C@@H]3OS(=O)(=O)[O-])C[C@@H]2O1. The molecule has 4 heterocycles. The van der Waals surface area contributed by atoms with E-state index in [0.29, 0.717) is 18.1 Å². The van der Waals surface area contributed by atoms with Gasteiger partial charge in [0.1, 0.15) is 42.0 Å². The van der Waals surface area contributed by atoms with Crippen molar-refractivity contribution in [3.05, 3.63) is 35.9 Å². The van der Waals surface area contributed by atoms with E-state index in [2.05, 4.69) is 0 Å². The molecule has 8 atom stereocenters. The first-order valence-electron chi connectivity index (χ1n) is 11.7. The summed E-state index contributed by atoms with van der Waals surface area (Å²) >= 11 is 0. The molecule has 4 aliphatic heterocycles. The lowest BCUT2D eigenvalue weighted by atomic mass is 10.1. The summed E-state index contributed by atoms with van der Waals surface area (Å²) in [6.45, 7) is 7.88. The molecule has 10 nitrogen and oxygen atoms in total. The lowest BCUT2D eigenvalue weighted by Crippen LogP contribution is -2.50. The van der Waals surface area contributed by atoms with Gasteiger partial charge in [-0.15, -0.1) is 0 Å². The van der Waals surface area contributed by atoms with Gasteiger partial charge in [-0.3, -0.25) is 4.18 Å². The molecule has 4 saturated heterocycles. The van der Waals surface area contributed by atoms with Gasteiger partial charge in [-0.1, -0.05) is 30.3 Å². The van der Waals surface area contributed by atoms with Crippen molar-refractivity contribution in [2.75, 3.05) is 24.7 Å². The summed E-state index contributed by atoms with van der Waals surface area (Å²) in [4.78, 5) is 0. The van der Waals surface area contributed by atoms with Gasteiger partial charge in [0.15, 0.2) is 23.1 Å². The second kappa shape index (κ2) is 9.50. The maximum absolute atomic E-state index is 11.4. The Labute approximate surface area is 208 Å². The van der Waals surface area contributed by atoms with Crippen LogP contribution in [0.2, 0.25) is 0 Å². The summed E-state index contributed by atoms with van der Waals surface area (Å²) < 4.78 is 75.7. The Morgan fingerprint density at radius 3 is 2.40 bits per heavy atom. The van der Waals surface area contributed by atoms with E-state index in [0.717, 1.165) is 5.56 Å². The Morgan fingerprint density at radius 1 is 1.03 bits per heavy atom. The van der Waals surface area contributed by atoms with Crippen LogP contribution in [0.15, 0.2) is 30.3 Å². The molecule has 0 amide bonds. The van der Waals surface area contributed by atoms with E-state index in [1.807, 2.05) is 58.0 Å². The van der Waals surface area contributed by atoms with Crippen LogP contribution in [0.4, 0.5) is 0 Å². The number of rotatable bonds is 6. The summed E-state index contributed by atoms with van der Waals surface area (Å²) in [5.41, 5.74) is 0.798. The third-order valence-electron chi connectivity index (χ3n) is 6.52. The first-order valence-corrected chi connectivity index (χ1v) is 14.6. The van der Waals surface area contributed by atoms with Gasteiger partial charge in [0.2, 0.25) is 10.4 Å². The zero-order chi connectivity index (χ0) is 25.0. The Hall–Kier alpha value is -0.800. The molecule has 4 fully saturated rings. The van der Waals surface area contributed by atoms with Crippen LogP contribution in [0, 0.1) is 0 Å². The minimum atomic E-state index is -4.95. The minimum Gasteiger partial charge on any atom is -0.726 e. The molecule has 12 heteroatoms. The highest BCUT2D eigenvalue weighted by Gasteiger charge is 2.64.